The fraction of sp³-hybridized carbons (Fsp3) is 0.344. The zero-order valence-corrected chi connectivity index (χ0v) is 27.0. The number of halogens is 2. The highest BCUT2D eigenvalue weighted by Gasteiger charge is 2.54. The van der Waals surface area contributed by atoms with Crippen LogP contribution in [-0.2, 0) is 37.4 Å². The number of alkyl carbamates (subject to hydrolysis) is 1. The SMILES string of the molecule is COc1ccc(F)cc1S(=O)(=O)N1CC(NC(=O)OCc2ccccc2)C(=O)N2C(Cc3ccc(Cl)cc3)C(=O)N(C(C)C)CC21. The summed E-state index contributed by atoms with van der Waals surface area (Å²) in [6, 6.07) is 15.8. The van der Waals surface area contributed by atoms with E-state index < -0.39 is 57.5 Å². The van der Waals surface area contributed by atoms with Crippen LogP contribution in [0.4, 0.5) is 9.18 Å². The smallest absolute Gasteiger partial charge is 0.408 e. The molecule has 3 atom stereocenters. The monoisotopic (exact) mass is 672 g/mol. The summed E-state index contributed by atoms with van der Waals surface area (Å²) in [6.45, 7) is 2.83. The molecule has 0 aliphatic carbocycles. The number of rotatable bonds is 9. The number of methoxy groups -OCH3 is 1. The molecule has 2 aliphatic rings. The minimum Gasteiger partial charge on any atom is -0.495 e. The van der Waals surface area contributed by atoms with Crippen molar-refractivity contribution in [2.24, 2.45) is 0 Å². The highest BCUT2D eigenvalue weighted by Crippen LogP contribution is 2.35. The summed E-state index contributed by atoms with van der Waals surface area (Å²) in [5.74, 6) is -1.97. The Labute approximate surface area is 271 Å². The second-order valence-corrected chi connectivity index (χ2v) is 13.6. The van der Waals surface area contributed by atoms with Crippen LogP contribution in [0.2, 0.25) is 5.02 Å². The van der Waals surface area contributed by atoms with E-state index in [1.54, 1.807) is 62.4 Å². The van der Waals surface area contributed by atoms with Crippen LogP contribution in [0.3, 0.4) is 0 Å². The zero-order chi connectivity index (χ0) is 33.2. The molecule has 3 aromatic carbocycles. The third-order valence-electron chi connectivity index (χ3n) is 8.02. The van der Waals surface area contributed by atoms with Crippen LogP contribution in [-0.4, -0.2) is 84.9 Å². The highest BCUT2D eigenvalue weighted by atomic mass is 35.5. The lowest BCUT2D eigenvalue weighted by Crippen LogP contribution is -2.76. The van der Waals surface area contributed by atoms with E-state index in [2.05, 4.69) is 5.32 Å². The minimum absolute atomic E-state index is 0.0454. The van der Waals surface area contributed by atoms with Gasteiger partial charge in [-0.25, -0.2) is 17.6 Å². The minimum atomic E-state index is -4.59. The van der Waals surface area contributed by atoms with Gasteiger partial charge in [-0.1, -0.05) is 54.1 Å². The Bertz CT molecular complexity index is 1710. The number of hydrogen-bond donors (Lipinski definition) is 1. The predicted octanol–water partition coefficient (Wildman–Crippen LogP) is 3.80. The number of piperazine rings is 1. The summed E-state index contributed by atoms with van der Waals surface area (Å²) in [6.07, 6.45) is -2.09. The van der Waals surface area contributed by atoms with E-state index >= 15 is 0 Å². The number of hydrogen-bond acceptors (Lipinski definition) is 7. The number of benzene rings is 3. The number of amides is 3. The Morgan fingerprint density at radius 1 is 1.00 bits per heavy atom. The maximum absolute atomic E-state index is 14.5. The number of carbonyl (C=O) groups is 3. The lowest BCUT2D eigenvalue weighted by molar-refractivity contribution is -0.168. The van der Waals surface area contributed by atoms with Crippen LogP contribution < -0.4 is 10.1 Å². The number of nitrogens with one attached hydrogen (secondary N) is 1. The summed E-state index contributed by atoms with van der Waals surface area (Å²) < 4.78 is 54.8. The molecule has 5 rings (SSSR count). The van der Waals surface area contributed by atoms with Gasteiger partial charge in [0.25, 0.3) is 0 Å². The molecular formula is C32H34ClFN4O7S. The first-order chi connectivity index (χ1) is 21.9. The quantitative estimate of drug-likeness (QED) is 0.367. The van der Waals surface area contributed by atoms with Gasteiger partial charge in [-0.2, -0.15) is 4.31 Å². The molecule has 3 unspecified atom stereocenters. The first-order valence-corrected chi connectivity index (χ1v) is 16.4. The van der Waals surface area contributed by atoms with Crippen molar-refractivity contribution in [2.45, 2.75) is 56.1 Å². The Morgan fingerprint density at radius 3 is 2.35 bits per heavy atom. The normalized spacial score (nSPS) is 20.4. The van der Waals surface area contributed by atoms with E-state index in [-0.39, 0.29) is 37.3 Å². The molecule has 46 heavy (non-hydrogen) atoms. The van der Waals surface area contributed by atoms with E-state index in [0.717, 1.165) is 16.4 Å². The van der Waals surface area contributed by atoms with Crippen LogP contribution in [0.15, 0.2) is 77.7 Å². The van der Waals surface area contributed by atoms with Gasteiger partial charge in [0.15, 0.2) is 0 Å². The van der Waals surface area contributed by atoms with Gasteiger partial charge in [-0.05, 0) is 55.3 Å². The molecule has 0 aromatic heterocycles. The average Bonchev–Trinajstić information content (AvgIpc) is 3.03. The predicted molar refractivity (Wildman–Crippen MR) is 167 cm³/mol. The summed E-state index contributed by atoms with van der Waals surface area (Å²) in [4.78, 5) is 43.4. The Balaban J connectivity index is 1.56. The highest BCUT2D eigenvalue weighted by molar-refractivity contribution is 7.89. The molecule has 3 aromatic rings. The van der Waals surface area contributed by atoms with E-state index in [1.807, 2.05) is 6.07 Å². The number of sulfonamides is 1. The van der Waals surface area contributed by atoms with Crippen molar-refractivity contribution < 1.29 is 36.7 Å². The topological polar surface area (TPSA) is 126 Å². The molecule has 0 bridgehead atoms. The first kappa shape index (κ1) is 33.2. The molecule has 0 saturated carbocycles. The number of nitrogens with zero attached hydrogens (tertiary/aromatic N) is 3. The Morgan fingerprint density at radius 2 is 1.70 bits per heavy atom. The molecule has 2 fully saturated rings. The summed E-state index contributed by atoms with van der Waals surface area (Å²) >= 11 is 6.08. The van der Waals surface area contributed by atoms with Crippen LogP contribution >= 0.6 is 11.6 Å². The van der Waals surface area contributed by atoms with Gasteiger partial charge < -0.3 is 24.6 Å². The molecule has 0 radical (unpaired) electrons. The maximum Gasteiger partial charge on any atom is 0.408 e. The van der Waals surface area contributed by atoms with Gasteiger partial charge in [-0.3, -0.25) is 9.59 Å². The standard InChI is InChI=1S/C32H34ClFN4O7S/c1-20(2)36-18-29-37(46(42,43)28-16-24(34)13-14-27(28)44-3)17-25(35-32(41)45-19-22-7-5-4-6-8-22)30(39)38(29)26(31(36)40)15-21-9-11-23(33)12-10-21/h4-14,16,20,25-26,29H,15,17-19H2,1-3H3,(H,35,41). The lowest BCUT2D eigenvalue weighted by atomic mass is 9.96. The molecular weight excluding hydrogens is 639 g/mol. The third kappa shape index (κ3) is 6.81. The second-order valence-electron chi connectivity index (χ2n) is 11.3. The van der Waals surface area contributed by atoms with Crippen LogP contribution in [0.5, 0.6) is 5.75 Å². The van der Waals surface area contributed by atoms with E-state index in [9.17, 15) is 27.2 Å². The molecule has 11 nitrogen and oxygen atoms in total. The van der Waals surface area contributed by atoms with Gasteiger partial charge in [-0.15, -0.1) is 0 Å². The summed E-state index contributed by atoms with van der Waals surface area (Å²) in [7, 11) is -3.33. The first-order valence-electron chi connectivity index (χ1n) is 14.6. The number of carbonyl (C=O) groups excluding carboxylic acids is 3. The maximum atomic E-state index is 14.5. The van der Waals surface area contributed by atoms with E-state index in [1.165, 1.54) is 23.0 Å². The van der Waals surface area contributed by atoms with E-state index in [0.29, 0.717) is 16.1 Å². The van der Waals surface area contributed by atoms with Crippen LogP contribution in [0.25, 0.3) is 0 Å². The fourth-order valence-electron chi connectivity index (χ4n) is 5.71. The van der Waals surface area contributed by atoms with Gasteiger partial charge in [0.05, 0.1) is 13.7 Å². The number of ether oxygens (including phenoxy) is 2. The molecule has 2 aliphatic heterocycles. The van der Waals surface area contributed by atoms with Crippen molar-refractivity contribution in [1.29, 1.82) is 0 Å². The van der Waals surface area contributed by atoms with Crippen molar-refractivity contribution in [1.82, 2.24) is 19.4 Å². The van der Waals surface area contributed by atoms with Gasteiger partial charge in [0.2, 0.25) is 21.8 Å². The molecule has 3 amide bonds. The third-order valence-corrected chi connectivity index (χ3v) is 10.2. The van der Waals surface area contributed by atoms with Gasteiger partial charge in [0, 0.05) is 24.0 Å². The molecule has 244 valence electrons. The summed E-state index contributed by atoms with van der Waals surface area (Å²) in [5, 5.41) is 2.98. The van der Waals surface area contributed by atoms with Gasteiger partial charge >= 0.3 is 6.09 Å². The van der Waals surface area contributed by atoms with Crippen molar-refractivity contribution in [3.63, 3.8) is 0 Å². The van der Waals surface area contributed by atoms with Crippen molar-refractivity contribution in [2.75, 3.05) is 20.2 Å². The number of fused-ring (bicyclic) bond motifs is 1. The second kappa shape index (κ2) is 13.7. The summed E-state index contributed by atoms with van der Waals surface area (Å²) in [5.41, 5.74) is 1.38. The molecule has 0 spiro atoms. The molecule has 14 heteroatoms. The van der Waals surface area contributed by atoms with Gasteiger partial charge in [0.1, 0.15) is 41.3 Å². The lowest BCUT2D eigenvalue weighted by Gasteiger charge is -2.54. The van der Waals surface area contributed by atoms with Crippen LogP contribution in [0, 0.1) is 5.82 Å². The molecule has 2 heterocycles. The van der Waals surface area contributed by atoms with Crippen LogP contribution in [0.1, 0.15) is 25.0 Å². The Kier molecular flexibility index (Phi) is 9.85. The van der Waals surface area contributed by atoms with E-state index in [4.69, 9.17) is 21.1 Å². The largest absolute Gasteiger partial charge is 0.495 e. The van der Waals surface area contributed by atoms with Crippen molar-refractivity contribution in [3.05, 3.63) is 94.8 Å². The van der Waals surface area contributed by atoms with Crippen molar-refractivity contribution >= 4 is 39.5 Å². The Hall–Kier alpha value is -4.20. The zero-order valence-electron chi connectivity index (χ0n) is 25.4. The molecule has 1 N–H and O–H groups in total. The molecule has 2 saturated heterocycles. The fourth-order valence-corrected chi connectivity index (χ4v) is 7.59. The van der Waals surface area contributed by atoms with Crippen molar-refractivity contribution in [3.8, 4) is 5.75 Å². The average molecular weight is 673 g/mol.